The Kier molecular flexibility index (Phi) is 12.1. The van der Waals surface area contributed by atoms with E-state index < -0.39 is 24.3 Å². The minimum atomic E-state index is -0.700. The van der Waals surface area contributed by atoms with Crippen LogP contribution < -0.4 is 10.6 Å². The van der Waals surface area contributed by atoms with Gasteiger partial charge in [0.15, 0.2) is 0 Å². The van der Waals surface area contributed by atoms with Crippen molar-refractivity contribution in [2.24, 2.45) is 17.8 Å². The summed E-state index contributed by atoms with van der Waals surface area (Å²) in [6.45, 7) is 10.9. The predicted octanol–water partition coefficient (Wildman–Crippen LogP) is 7.62. The van der Waals surface area contributed by atoms with Crippen LogP contribution in [0.1, 0.15) is 77.6 Å². The number of carbonyl (C=O) groups is 4. The van der Waals surface area contributed by atoms with E-state index in [4.69, 9.17) is 19.4 Å². The van der Waals surface area contributed by atoms with Crippen LogP contribution >= 0.6 is 0 Å². The molecule has 310 valence electrons. The summed E-state index contributed by atoms with van der Waals surface area (Å²) in [5.74, 6) is 1.24. The van der Waals surface area contributed by atoms with E-state index in [0.717, 1.165) is 75.3 Å². The summed E-state index contributed by atoms with van der Waals surface area (Å²) in [4.78, 5) is 71.3. The van der Waals surface area contributed by atoms with Crippen LogP contribution in [0.4, 0.5) is 9.59 Å². The second kappa shape index (κ2) is 17.4. The minimum Gasteiger partial charge on any atom is -0.453 e. The lowest BCUT2D eigenvalue weighted by molar-refractivity contribution is -0.136. The normalized spacial score (nSPS) is 19.0. The summed E-state index contributed by atoms with van der Waals surface area (Å²) in [5, 5.41) is 7.61. The highest BCUT2D eigenvalue weighted by Gasteiger charge is 2.40. The van der Waals surface area contributed by atoms with Gasteiger partial charge in [-0.25, -0.2) is 19.6 Å². The van der Waals surface area contributed by atoms with Gasteiger partial charge in [-0.3, -0.25) is 9.59 Å². The Morgan fingerprint density at radius 2 is 1.17 bits per heavy atom. The molecule has 0 radical (unpaired) electrons. The van der Waals surface area contributed by atoms with Crippen LogP contribution in [0.3, 0.4) is 0 Å². The molecule has 4 N–H and O–H groups in total. The smallest absolute Gasteiger partial charge is 0.407 e. The first-order valence-corrected chi connectivity index (χ1v) is 20.4. The molecule has 3 aromatic carbocycles. The first kappa shape index (κ1) is 41.0. The maximum atomic E-state index is 13.7. The summed E-state index contributed by atoms with van der Waals surface area (Å²) in [7, 11) is 2.59. The number of likely N-dealkylation sites (tertiary alicyclic amines) is 2. The van der Waals surface area contributed by atoms with Gasteiger partial charge in [0.1, 0.15) is 23.7 Å². The maximum Gasteiger partial charge on any atom is 0.407 e. The summed E-state index contributed by atoms with van der Waals surface area (Å²) in [6, 6.07) is 19.3. The van der Waals surface area contributed by atoms with Crippen LogP contribution in [0, 0.1) is 17.8 Å². The minimum absolute atomic E-state index is 0.105. The lowest BCUT2D eigenvalue weighted by Crippen LogP contribution is -2.51. The first-order valence-electron chi connectivity index (χ1n) is 20.4. The summed E-state index contributed by atoms with van der Waals surface area (Å²) >= 11 is 0. The number of aromatic amines is 2. The molecule has 2 aliphatic heterocycles. The van der Waals surface area contributed by atoms with Crippen molar-refractivity contribution in [3.05, 3.63) is 84.7 Å². The Hall–Kier alpha value is -6.18. The van der Waals surface area contributed by atoms with Gasteiger partial charge in [-0.05, 0) is 76.6 Å². The van der Waals surface area contributed by atoms with Gasteiger partial charge in [0, 0.05) is 18.7 Å². The van der Waals surface area contributed by atoms with Gasteiger partial charge in [0.25, 0.3) is 0 Å². The number of imidazole rings is 2. The predicted molar refractivity (Wildman–Crippen MR) is 225 cm³/mol. The second-order valence-corrected chi connectivity index (χ2v) is 16.5. The molecule has 14 nitrogen and oxygen atoms in total. The molecular formula is C45H54N8O6. The molecule has 7 rings (SSSR count). The number of nitrogens with one attached hydrogen (secondary N) is 4. The molecule has 4 amide bonds. The van der Waals surface area contributed by atoms with E-state index in [1.165, 1.54) is 14.2 Å². The highest BCUT2D eigenvalue weighted by atomic mass is 16.5. The highest BCUT2D eigenvalue weighted by Crippen LogP contribution is 2.37. The van der Waals surface area contributed by atoms with Crippen molar-refractivity contribution in [2.75, 3.05) is 27.3 Å². The zero-order valence-corrected chi connectivity index (χ0v) is 34.7. The molecule has 0 spiro atoms. The number of rotatable bonds is 11. The molecule has 2 aliphatic rings. The lowest BCUT2D eigenvalue weighted by Gasteiger charge is -2.30. The molecule has 5 atom stereocenters. The van der Waals surface area contributed by atoms with E-state index in [2.05, 4.69) is 88.2 Å². The lowest BCUT2D eigenvalue weighted by atomic mass is 9.98. The molecule has 2 aromatic heterocycles. The Morgan fingerprint density at radius 1 is 0.678 bits per heavy atom. The van der Waals surface area contributed by atoms with Crippen LogP contribution in [0.25, 0.3) is 44.4 Å². The largest absolute Gasteiger partial charge is 0.453 e. The zero-order chi connectivity index (χ0) is 42.0. The quantitative estimate of drug-likeness (QED) is 0.106. The molecule has 0 aliphatic carbocycles. The average Bonchev–Trinajstić information content (AvgIpc) is 4.08. The Bertz CT molecular complexity index is 2320. The van der Waals surface area contributed by atoms with Gasteiger partial charge >= 0.3 is 12.2 Å². The maximum absolute atomic E-state index is 13.7. The number of ether oxygens (including phenoxy) is 2. The number of amides is 4. The fraction of sp³-hybridized carbons (Fsp3) is 0.422. The van der Waals surface area contributed by atoms with E-state index in [1.54, 1.807) is 0 Å². The van der Waals surface area contributed by atoms with E-state index in [-0.39, 0.29) is 41.7 Å². The number of aromatic nitrogens is 4. The van der Waals surface area contributed by atoms with E-state index >= 15 is 0 Å². The van der Waals surface area contributed by atoms with Gasteiger partial charge in [-0.2, -0.15) is 0 Å². The van der Waals surface area contributed by atoms with Crippen LogP contribution in [0.15, 0.2) is 73.1 Å². The van der Waals surface area contributed by atoms with Crippen molar-refractivity contribution >= 4 is 34.8 Å². The standard InChI is InChI=1S/C45H54N8O6/c1-25(2)38(50-44(56)58-6)42(54)52-18-8-9-36(52)40-46-22-34(48-40)29-12-10-28(11-13-29)30-14-15-32-21-33(17-16-31(32)20-30)35-23-47-41(49-35)37-19-27(5)24-53(37)43(55)39(26(3)4)51-45(57)59-7/h10-17,20-23,25-27,36-39H,8-9,18-19,24H2,1-7H3,(H,46,48)(H,47,49)(H,50,56)(H,51,57)/t27-,36+,37+,38+,39+/m1/s1. The molecule has 14 heteroatoms. The average molecular weight is 803 g/mol. The monoisotopic (exact) mass is 802 g/mol. The Balaban J connectivity index is 1.03. The van der Waals surface area contributed by atoms with E-state index in [9.17, 15) is 19.2 Å². The summed E-state index contributed by atoms with van der Waals surface area (Å²) in [5.41, 5.74) is 5.88. The van der Waals surface area contributed by atoms with Crippen molar-refractivity contribution in [2.45, 2.75) is 78.0 Å². The van der Waals surface area contributed by atoms with Gasteiger partial charge in [0.2, 0.25) is 11.8 Å². The second-order valence-electron chi connectivity index (χ2n) is 16.5. The van der Waals surface area contributed by atoms with Gasteiger partial charge < -0.3 is 39.9 Å². The van der Waals surface area contributed by atoms with Gasteiger partial charge in [-0.15, -0.1) is 0 Å². The van der Waals surface area contributed by atoms with Crippen molar-refractivity contribution in [1.82, 2.24) is 40.4 Å². The SMILES string of the molecule is COC(=O)N[C@H](C(=O)N1CCC[C@H]1c1ncc(-c2ccc(-c3ccc4cc(-c5cnc([C@@H]6C[C@@H](C)CN6C(=O)[C@@H](NC(=O)OC)C(C)C)[nH]5)ccc4c3)cc2)[nH]1)C(C)C. The fourth-order valence-corrected chi connectivity index (χ4v) is 8.36. The topological polar surface area (TPSA) is 175 Å². The molecular weight excluding hydrogens is 749 g/mol. The first-order chi connectivity index (χ1) is 28.3. The molecule has 0 saturated carbocycles. The number of carbonyl (C=O) groups excluding carboxylic acids is 4. The molecule has 4 heterocycles. The van der Waals surface area contributed by atoms with Gasteiger partial charge in [0.05, 0.1) is 50.1 Å². The van der Waals surface area contributed by atoms with Gasteiger partial charge in [-0.1, -0.05) is 83.1 Å². The molecule has 0 bridgehead atoms. The fourth-order valence-electron chi connectivity index (χ4n) is 8.36. The number of nitrogens with zero attached hydrogens (tertiary/aromatic N) is 4. The summed E-state index contributed by atoms with van der Waals surface area (Å²) < 4.78 is 9.55. The molecule has 2 fully saturated rings. The van der Waals surface area contributed by atoms with Crippen LogP contribution in [0.2, 0.25) is 0 Å². The molecule has 5 aromatic rings. The third-order valence-corrected chi connectivity index (χ3v) is 11.6. The number of hydrogen-bond acceptors (Lipinski definition) is 8. The molecule has 59 heavy (non-hydrogen) atoms. The van der Waals surface area contributed by atoms with Crippen LogP contribution in [-0.4, -0.2) is 93.1 Å². The number of hydrogen-bond donors (Lipinski definition) is 4. The summed E-state index contributed by atoms with van der Waals surface area (Å²) in [6.07, 6.45) is 4.79. The number of H-pyrrole nitrogens is 2. The van der Waals surface area contributed by atoms with Crippen LogP contribution in [0.5, 0.6) is 0 Å². The Morgan fingerprint density at radius 3 is 1.75 bits per heavy atom. The number of fused-ring (bicyclic) bond motifs is 1. The van der Waals surface area contributed by atoms with Crippen molar-refractivity contribution in [3.63, 3.8) is 0 Å². The van der Waals surface area contributed by atoms with Crippen molar-refractivity contribution in [3.8, 4) is 33.6 Å². The van der Waals surface area contributed by atoms with Crippen molar-refractivity contribution in [1.29, 1.82) is 0 Å². The third-order valence-electron chi connectivity index (χ3n) is 11.6. The molecule has 2 saturated heterocycles. The number of benzene rings is 3. The van der Waals surface area contributed by atoms with E-state index in [1.807, 2.05) is 49.9 Å². The number of alkyl carbamates (subject to hydrolysis) is 2. The Labute approximate surface area is 344 Å². The van der Waals surface area contributed by atoms with E-state index in [0.29, 0.717) is 13.1 Å². The molecule has 0 unspecified atom stereocenters. The van der Waals surface area contributed by atoms with Crippen LogP contribution in [-0.2, 0) is 19.1 Å². The third kappa shape index (κ3) is 8.67. The number of methoxy groups -OCH3 is 2. The highest BCUT2D eigenvalue weighted by molar-refractivity contribution is 5.91. The van der Waals surface area contributed by atoms with Crippen molar-refractivity contribution < 1.29 is 28.7 Å². The zero-order valence-electron chi connectivity index (χ0n) is 34.7.